The minimum Gasteiger partial charge on any atom is -0.475 e. The molecule has 5 rings (SSSR count). The van der Waals surface area contributed by atoms with Crippen LogP contribution < -0.4 is 0 Å². The molecule has 1 aliphatic heterocycles. The van der Waals surface area contributed by atoms with Crippen molar-refractivity contribution in [2.75, 3.05) is 19.7 Å². The highest BCUT2D eigenvalue weighted by Crippen LogP contribution is 2.28. The zero-order valence-corrected chi connectivity index (χ0v) is 21.5. The number of hydrogen-bond acceptors (Lipinski definition) is 8. The fourth-order valence-corrected chi connectivity index (χ4v) is 4.21. The van der Waals surface area contributed by atoms with E-state index < -0.39 is 24.3 Å². The lowest BCUT2D eigenvalue weighted by molar-refractivity contribution is -0.193. The minimum atomic E-state index is -5.08. The molecule has 41 heavy (non-hydrogen) atoms. The molecule has 0 aromatic carbocycles. The number of ether oxygens (including phenoxy) is 1. The van der Waals surface area contributed by atoms with Crippen molar-refractivity contribution in [3.8, 4) is 10.4 Å². The second kappa shape index (κ2) is 13.5. The van der Waals surface area contributed by atoms with Crippen LogP contribution >= 0.6 is 11.3 Å². The van der Waals surface area contributed by atoms with Crippen molar-refractivity contribution in [1.82, 2.24) is 24.7 Å². The van der Waals surface area contributed by atoms with Gasteiger partial charge in [-0.1, -0.05) is 17.3 Å². The summed E-state index contributed by atoms with van der Waals surface area (Å²) in [5.41, 5.74) is 4.27. The Morgan fingerprint density at radius 1 is 1.02 bits per heavy atom. The Hall–Kier alpha value is -4.09. The van der Waals surface area contributed by atoms with Crippen LogP contribution in [0.4, 0.5) is 26.3 Å². The van der Waals surface area contributed by atoms with Gasteiger partial charge in [-0.25, -0.2) is 14.1 Å². The number of aliphatic carboxylic acids is 2. The molecule has 0 radical (unpaired) electrons. The summed E-state index contributed by atoms with van der Waals surface area (Å²) in [6.45, 7) is 3.27. The van der Waals surface area contributed by atoms with E-state index in [4.69, 9.17) is 24.5 Å². The topological polar surface area (TPSA) is 130 Å². The zero-order chi connectivity index (χ0) is 30.2. The lowest BCUT2D eigenvalue weighted by atomic mass is 10.1. The first-order valence-electron chi connectivity index (χ1n) is 11.5. The molecule has 4 aromatic rings. The first-order valence-corrected chi connectivity index (χ1v) is 12.4. The molecule has 1 atom stereocenters. The van der Waals surface area contributed by atoms with Crippen molar-refractivity contribution in [1.29, 1.82) is 0 Å². The maximum atomic E-state index is 10.6. The van der Waals surface area contributed by atoms with Crippen LogP contribution in [0.1, 0.15) is 17.4 Å². The fourth-order valence-electron chi connectivity index (χ4n) is 3.49. The molecule has 0 saturated carbocycles. The maximum Gasteiger partial charge on any atom is 0.490 e. The van der Waals surface area contributed by atoms with Gasteiger partial charge in [0.2, 0.25) is 0 Å². The van der Waals surface area contributed by atoms with E-state index in [0.717, 1.165) is 36.4 Å². The number of rotatable bonds is 4. The predicted octanol–water partition coefficient (Wildman–Crippen LogP) is 4.69. The van der Waals surface area contributed by atoms with Crippen LogP contribution in [0.3, 0.4) is 0 Å². The van der Waals surface area contributed by atoms with Crippen LogP contribution in [0.2, 0.25) is 0 Å². The molecule has 1 saturated heterocycles. The first-order chi connectivity index (χ1) is 19.3. The summed E-state index contributed by atoms with van der Waals surface area (Å²) >= 11 is 1.72. The van der Waals surface area contributed by atoms with Crippen molar-refractivity contribution in [3.05, 3.63) is 71.6 Å². The molecule has 0 aliphatic carbocycles. The highest BCUT2D eigenvalue weighted by atomic mass is 32.1. The average Bonchev–Trinajstić information content (AvgIpc) is 3.59. The molecule has 0 bridgehead atoms. The highest BCUT2D eigenvalue weighted by molar-refractivity contribution is 7.13. The molecule has 1 fully saturated rings. The van der Waals surface area contributed by atoms with Gasteiger partial charge in [0.25, 0.3) is 0 Å². The van der Waals surface area contributed by atoms with Crippen LogP contribution in [0.25, 0.3) is 16.0 Å². The Kier molecular flexibility index (Phi) is 10.4. The second-order valence-electron chi connectivity index (χ2n) is 8.26. The van der Waals surface area contributed by atoms with Gasteiger partial charge in [0.1, 0.15) is 11.8 Å². The molecule has 5 heterocycles. The fraction of sp³-hybridized carbons (Fsp3) is 0.292. The van der Waals surface area contributed by atoms with E-state index >= 15 is 0 Å². The van der Waals surface area contributed by atoms with E-state index in [1.807, 2.05) is 23.0 Å². The summed E-state index contributed by atoms with van der Waals surface area (Å²) in [6, 6.07) is 12.5. The monoisotopic (exact) mass is 605 g/mol. The number of nitrogens with zero attached hydrogens (tertiary/aromatic N) is 5. The van der Waals surface area contributed by atoms with Gasteiger partial charge in [0.15, 0.2) is 0 Å². The number of alkyl halides is 6. The molecular weight excluding hydrogens is 584 g/mol. The number of carbonyl (C=O) groups is 2. The molecular formula is C24H21F6N5O5S. The average molecular weight is 606 g/mol. The second-order valence-corrected chi connectivity index (χ2v) is 9.21. The first kappa shape index (κ1) is 31.4. The molecule has 220 valence electrons. The molecule has 0 amide bonds. The molecule has 1 aliphatic rings. The summed E-state index contributed by atoms with van der Waals surface area (Å²) < 4.78 is 71.4. The van der Waals surface area contributed by atoms with Gasteiger partial charge in [0.05, 0.1) is 12.1 Å². The number of hydrogen-bond donors (Lipinski definition) is 2. The summed E-state index contributed by atoms with van der Waals surface area (Å²) in [4.78, 5) is 25.6. The third-order valence-corrected chi connectivity index (χ3v) is 6.23. The molecule has 0 spiro atoms. The number of halogens is 6. The molecule has 4 aromatic heterocycles. The Bertz CT molecular complexity index is 1410. The van der Waals surface area contributed by atoms with Crippen LogP contribution in [0, 0.1) is 0 Å². The van der Waals surface area contributed by atoms with E-state index in [0.29, 0.717) is 6.61 Å². The maximum absolute atomic E-state index is 10.6. The van der Waals surface area contributed by atoms with Crippen molar-refractivity contribution in [2.24, 2.45) is 0 Å². The van der Waals surface area contributed by atoms with Gasteiger partial charge in [-0.3, -0.25) is 9.88 Å². The summed E-state index contributed by atoms with van der Waals surface area (Å²) in [7, 11) is 0. The number of carboxylic acid groups (broad SMARTS) is 2. The van der Waals surface area contributed by atoms with Crippen LogP contribution in [0.15, 0.2) is 60.4 Å². The van der Waals surface area contributed by atoms with E-state index in [9.17, 15) is 26.3 Å². The summed E-state index contributed by atoms with van der Waals surface area (Å²) in [5.74, 6) is -5.51. The van der Waals surface area contributed by atoms with Gasteiger partial charge < -0.3 is 14.9 Å². The molecule has 10 nitrogen and oxygen atoms in total. The van der Waals surface area contributed by atoms with E-state index in [2.05, 4.69) is 55.9 Å². The van der Waals surface area contributed by atoms with Gasteiger partial charge in [0, 0.05) is 48.7 Å². The van der Waals surface area contributed by atoms with Gasteiger partial charge in [-0.05, 0) is 35.2 Å². The van der Waals surface area contributed by atoms with Crippen LogP contribution in [-0.4, -0.2) is 78.9 Å². The van der Waals surface area contributed by atoms with Crippen molar-refractivity contribution >= 4 is 28.8 Å². The van der Waals surface area contributed by atoms with E-state index in [-0.39, 0.29) is 6.10 Å². The van der Waals surface area contributed by atoms with Crippen molar-refractivity contribution in [3.63, 3.8) is 0 Å². The van der Waals surface area contributed by atoms with E-state index in [1.54, 1.807) is 17.5 Å². The third-order valence-electron chi connectivity index (χ3n) is 5.32. The standard InChI is InChI=1S/C20H19N5OS.2C2HF3O2/c1-3-15(11-21-7-1)12-24-8-9-26-18(14-24)20-17-6-5-16(13-25(17)23-22-20)19-4-2-10-27-19;2*3-2(4,5)1(6)7/h1-7,10-11,13,18H,8-9,12,14H2;2*(H,6,7). The SMILES string of the molecule is O=C(O)C(F)(F)F.O=C(O)C(F)(F)F.c1cncc(CN2CCOC(c3nnn4cc(-c5cccs5)ccc34)C2)c1. The Labute approximate surface area is 231 Å². The quantitative estimate of drug-likeness (QED) is 0.318. The van der Waals surface area contributed by atoms with E-state index in [1.165, 1.54) is 10.4 Å². The van der Waals surface area contributed by atoms with Gasteiger partial charge >= 0.3 is 24.3 Å². The lowest BCUT2D eigenvalue weighted by Gasteiger charge is -2.32. The van der Waals surface area contributed by atoms with Crippen LogP contribution in [0.5, 0.6) is 0 Å². The van der Waals surface area contributed by atoms with Gasteiger partial charge in [-0.2, -0.15) is 26.3 Å². The highest BCUT2D eigenvalue weighted by Gasteiger charge is 2.38. The number of morpholine rings is 1. The number of carboxylic acids is 2. The number of thiophene rings is 1. The lowest BCUT2D eigenvalue weighted by Crippen LogP contribution is -2.38. The summed E-state index contributed by atoms with van der Waals surface area (Å²) in [6.07, 6.45) is -4.47. The number of aromatic nitrogens is 4. The largest absolute Gasteiger partial charge is 0.490 e. The van der Waals surface area contributed by atoms with Gasteiger partial charge in [-0.15, -0.1) is 16.4 Å². The zero-order valence-electron chi connectivity index (χ0n) is 20.7. The smallest absolute Gasteiger partial charge is 0.475 e. The number of pyridine rings is 2. The van der Waals surface area contributed by atoms with Crippen molar-refractivity contribution in [2.45, 2.75) is 25.0 Å². The Morgan fingerprint density at radius 3 is 2.27 bits per heavy atom. The minimum absolute atomic E-state index is 0.0690. The molecule has 2 N–H and O–H groups in total. The third kappa shape index (κ3) is 9.22. The number of fused-ring (bicyclic) bond motifs is 1. The normalized spacial score (nSPS) is 15.8. The predicted molar refractivity (Wildman–Crippen MR) is 132 cm³/mol. The Morgan fingerprint density at radius 2 is 1.71 bits per heavy atom. The van der Waals surface area contributed by atoms with Crippen LogP contribution in [-0.2, 0) is 20.9 Å². The Balaban J connectivity index is 0.000000276. The molecule has 17 heteroatoms. The molecule has 1 unspecified atom stereocenters. The summed E-state index contributed by atoms with van der Waals surface area (Å²) in [5, 5.41) is 25.1. The van der Waals surface area contributed by atoms with Crippen molar-refractivity contribution < 1.29 is 50.9 Å².